The van der Waals surface area contributed by atoms with Crippen molar-refractivity contribution < 1.29 is 18.3 Å². The molecule has 0 aliphatic carbocycles. The van der Waals surface area contributed by atoms with Gasteiger partial charge in [0.1, 0.15) is 11.9 Å². The van der Waals surface area contributed by atoms with Gasteiger partial charge in [-0.2, -0.15) is 0 Å². The number of hydrogen-bond donors (Lipinski definition) is 0. The third-order valence-electron chi connectivity index (χ3n) is 5.14. The second-order valence-corrected chi connectivity index (χ2v) is 8.13. The topological polar surface area (TPSA) is 29.5 Å². The summed E-state index contributed by atoms with van der Waals surface area (Å²) in [6.07, 6.45) is 1.01. The molecule has 0 spiro atoms. The quantitative estimate of drug-likeness (QED) is 0.550. The summed E-state index contributed by atoms with van der Waals surface area (Å²) >= 11 is 1.45. The van der Waals surface area contributed by atoms with E-state index in [1.54, 1.807) is 0 Å². The van der Waals surface area contributed by atoms with Crippen LogP contribution in [0.15, 0.2) is 53.9 Å². The normalized spacial score (nSPS) is 14.8. The number of rotatable bonds is 4. The summed E-state index contributed by atoms with van der Waals surface area (Å²) < 4.78 is 32.5. The number of nitrogens with zero attached hydrogens (tertiary/aromatic N) is 1. The Morgan fingerprint density at radius 1 is 1.07 bits per heavy atom. The summed E-state index contributed by atoms with van der Waals surface area (Å²) in [5.41, 5.74) is 3.16. The van der Waals surface area contributed by atoms with E-state index in [-0.39, 0.29) is 17.8 Å². The number of carbonyl (C=O) groups excluding carboxylic acids is 1. The predicted octanol–water partition coefficient (Wildman–Crippen LogP) is 5.69. The largest absolute Gasteiger partial charge is 0.487 e. The zero-order chi connectivity index (χ0) is 20.4. The van der Waals surface area contributed by atoms with Crippen molar-refractivity contribution in [3.63, 3.8) is 0 Å². The molecule has 0 N–H and O–H groups in total. The van der Waals surface area contributed by atoms with Crippen LogP contribution in [-0.4, -0.2) is 30.0 Å². The van der Waals surface area contributed by atoms with Gasteiger partial charge in [0, 0.05) is 37.6 Å². The summed E-state index contributed by atoms with van der Waals surface area (Å²) in [6.45, 7) is 3.11. The van der Waals surface area contributed by atoms with Gasteiger partial charge in [-0.15, -0.1) is 11.3 Å². The summed E-state index contributed by atoms with van der Waals surface area (Å²) in [7, 11) is 0. The molecule has 1 saturated heterocycles. The molecule has 3 nitrogen and oxygen atoms in total. The molecule has 1 amide bonds. The highest BCUT2D eigenvalue weighted by Gasteiger charge is 2.27. The summed E-state index contributed by atoms with van der Waals surface area (Å²) in [6, 6.07) is 13.4. The van der Waals surface area contributed by atoms with E-state index in [9.17, 15) is 13.6 Å². The first kappa shape index (κ1) is 19.6. The van der Waals surface area contributed by atoms with Crippen LogP contribution >= 0.6 is 11.3 Å². The first-order valence-electron chi connectivity index (χ1n) is 9.57. The lowest BCUT2D eigenvalue weighted by atomic mass is 10.0. The molecular weight excluding hydrogens is 392 g/mol. The molecule has 0 radical (unpaired) electrons. The molecule has 3 aromatic rings. The van der Waals surface area contributed by atoms with Crippen molar-refractivity contribution in [2.24, 2.45) is 0 Å². The van der Waals surface area contributed by atoms with E-state index in [1.807, 2.05) is 47.5 Å². The maximum absolute atomic E-state index is 13.8. The third kappa shape index (κ3) is 4.32. The van der Waals surface area contributed by atoms with Crippen LogP contribution in [0.2, 0.25) is 0 Å². The zero-order valence-electron chi connectivity index (χ0n) is 16.0. The van der Waals surface area contributed by atoms with E-state index < -0.39 is 11.6 Å². The van der Waals surface area contributed by atoms with Crippen LogP contribution in [0, 0.1) is 18.6 Å². The fraction of sp³-hybridized carbons (Fsp3) is 0.261. The molecule has 0 saturated carbocycles. The summed E-state index contributed by atoms with van der Waals surface area (Å²) in [4.78, 5) is 15.6. The van der Waals surface area contributed by atoms with Crippen molar-refractivity contribution >= 4 is 17.2 Å². The number of halogens is 2. The second-order valence-electron chi connectivity index (χ2n) is 7.21. The van der Waals surface area contributed by atoms with E-state index in [1.165, 1.54) is 29.0 Å². The highest BCUT2D eigenvalue weighted by atomic mass is 32.1. The van der Waals surface area contributed by atoms with Gasteiger partial charge in [-0.3, -0.25) is 4.79 Å². The number of thiophene rings is 1. The highest BCUT2D eigenvalue weighted by molar-refractivity contribution is 7.12. The molecule has 4 rings (SSSR count). The average molecular weight is 413 g/mol. The molecule has 1 aliphatic rings. The van der Waals surface area contributed by atoms with Crippen LogP contribution in [0.3, 0.4) is 0 Å². The smallest absolute Gasteiger partial charge is 0.264 e. The monoisotopic (exact) mass is 413 g/mol. The Morgan fingerprint density at radius 3 is 2.48 bits per heavy atom. The van der Waals surface area contributed by atoms with Crippen molar-refractivity contribution in [2.45, 2.75) is 25.9 Å². The Labute approximate surface area is 172 Å². The minimum Gasteiger partial charge on any atom is -0.487 e. The molecule has 150 valence electrons. The Hall–Kier alpha value is -2.73. The molecule has 0 bridgehead atoms. The van der Waals surface area contributed by atoms with Crippen LogP contribution in [0.5, 0.6) is 5.75 Å². The predicted molar refractivity (Wildman–Crippen MR) is 110 cm³/mol. The summed E-state index contributed by atoms with van der Waals surface area (Å²) in [5.74, 6) is -1.27. The maximum atomic E-state index is 13.8. The number of amides is 1. The van der Waals surface area contributed by atoms with Crippen molar-refractivity contribution in [1.29, 1.82) is 0 Å². The van der Waals surface area contributed by atoms with Crippen LogP contribution in [0.4, 0.5) is 8.78 Å². The van der Waals surface area contributed by atoms with Gasteiger partial charge in [0.2, 0.25) is 0 Å². The number of carbonyl (C=O) groups is 1. The molecular formula is C23H21F2NO2S. The van der Waals surface area contributed by atoms with Crippen molar-refractivity contribution in [1.82, 2.24) is 4.90 Å². The van der Waals surface area contributed by atoms with E-state index in [4.69, 9.17) is 4.74 Å². The van der Waals surface area contributed by atoms with E-state index in [0.29, 0.717) is 25.9 Å². The molecule has 1 fully saturated rings. The van der Waals surface area contributed by atoms with Crippen molar-refractivity contribution in [3.05, 3.63) is 76.0 Å². The average Bonchev–Trinajstić information content (AvgIpc) is 3.20. The highest BCUT2D eigenvalue weighted by Crippen LogP contribution is 2.31. The zero-order valence-corrected chi connectivity index (χ0v) is 16.8. The number of ether oxygens (including phenoxy) is 1. The van der Waals surface area contributed by atoms with Gasteiger partial charge in [-0.1, -0.05) is 29.8 Å². The number of likely N-dealkylation sites (tertiary alicyclic amines) is 1. The minimum absolute atomic E-state index is 0.0157. The fourth-order valence-electron chi connectivity index (χ4n) is 3.51. The number of benzene rings is 2. The summed E-state index contributed by atoms with van der Waals surface area (Å²) in [5, 5.41) is 1.94. The molecule has 1 aliphatic heterocycles. The van der Waals surface area contributed by atoms with Crippen LogP contribution in [0.25, 0.3) is 11.1 Å². The lowest BCUT2D eigenvalue weighted by molar-refractivity contribution is 0.0593. The third-order valence-corrected chi connectivity index (χ3v) is 6.04. The van der Waals surface area contributed by atoms with Gasteiger partial charge in [0.25, 0.3) is 5.91 Å². The van der Waals surface area contributed by atoms with Gasteiger partial charge in [0.15, 0.2) is 11.6 Å². The lowest BCUT2D eigenvalue weighted by Crippen LogP contribution is -2.41. The van der Waals surface area contributed by atoms with Gasteiger partial charge < -0.3 is 9.64 Å². The van der Waals surface area contributed by atoms with Gasteiger partial charge in [0.05, 0.1) is 4.88 Å². The van der Waals surface area contributed by atoms with Gasteiger partial charge >= 0.3 is 0 Å². The SMILES string of the molecule is Cc1ccc(-c2ccsc2C(=O)N2CCC(Oc3ccc(F)cc3F)CC2)cc1. The molecule has 1 aromatic heterocycles. The lowest BCUT2D eigenvalue weighted by Gasteiger charge is -2.32. The molecule has 6 heteroatoms. The van der Waals surface area contributed by atoms with Crippen LogP contribution < -0.4 is 4.74 Å². The standard InChI is InChI=1S/C23H21F2NO2S/c1-15-2-4-16(5-3-15)19-10-13-29-22(19)23(27)26-11-8-18(9-12-26)28-21-7-6-17(24)14-20(21)25/h2-7,10,13-14,18H,8-9,11-12H2,1H3. The van der Waals surface area contributed by atoms with Crippen LogP contribution in [0.1, 0.15) is 28.1 Å². The fourth-order valence-corrected chi connectivity index (χ4v) is 4.39. The number of hydrogen-bond acceptors (Lipinski definition) is 3. The Balaban J connectivity index is 1.41. The molecule has 29 heavy (non-hydrogen) atoms. The van der Waals surface area contributed by atoms with Gasteiger partial charge in [-0.05, 0) is 36.1 Å². The first-order valence-corrected chi connectivity index (χ1v) is 10.4. The number of aryl methyl sites for hydroxylation is 1. The molecule has 2 aromatic carbocycles. The van der Waals surface area contributed by atoms with E-state index >= 15 is 0 Å². The number of piperidine rings is 1. The Morgan fingerprint density at radius 2 is 1.79 bits per heavy atom. The van der Waals surface area contributed by atoms with Crippen LogP contribution in [-0.2, 0) is 0 Å². The van der Waals surface area contributed by atoms with E-state index in [0.717, 1.165) is 22.1 Å². The molecule has 0 atom stereocenters. The Bertz CT molecular complexity index is 1010. The molecule has 2 heterocycles. The van der Waals surface area contributed by atoms with E-state index in [2.05, 4.69) is 0 Å². The first-order chi connectivity index (χ1) is 14.0. The Kier molecular flexibility index (Phi) is 5.62. The minimum atomic E-state index is -0.704. The van der Waals surface area contributed by atoms with Gasteiger partial charge in [-0.25, -0.2) is 8.78 Å². The molecule has 0 unspecified atom stereocenters. The van der Waals surface area contributed by atoms with Crippen molar-refractivity contribution in [3.8, 4) is 16.9 Å². The second kappa shape index (κ2) is 8.33. The van der Waals surface area contributed by atoms with Crippen molar-refractivity contribution in [2.75, 3.05) is 13.1 Å². The maximum Gasteiger partial charge on any atom is 0.264 e.